The van der Waals surface area contributed by atoms with Gasteiger partial charge in [-0.2, -0.15) is 0 Å². The lowest BCUT2D eigenvalue weighted by Crippen LogP contribution is -2.45. The summed E-state index contributed by atoms with van der Waals surface area (Å²) in [6.07, 6.45) is 2.50. The molecule has 19 heavy (non-hydrogen) atoms. The third-order valence-electron chi connectivity index (χ3n) is 3.59. The molecule has 7 heteroatoms. The van der Waals surface area contributed by atoms with Crippen LogP contribution >= 0.6 is 0 Å². The van der Waals surface area contributed by atoms with Gasteiger partial charge in [-0.25, -0.2) is 4.79 Å². The average Bonchev–Trinajstić information content (AvgIpc) is 2.81. The maximum Gasteiger partial charge on any atom is 0.326 e. The van der Waals surface area contributed by atoms with Gasteiger partial charge in [0, 0.05) is 12.3 Å². The SMILES string of the molecule is NCC1CCCC1C(=O)NC(CCC(N)=O)C(=O)O. The minimum Gasteiger partial charge on any atom is -0.480 e. The Morgan fingerprint density at radius 1 is 1.32 bits per heavy atom. The molecule has 3 atom stereocenters. The highest BCUT2D eigenvalue weighted by molar-refractivity contribution is 5.85. The van der Waals surface area contributed by atoms with E-state index < -0.39 is 17.9 Å². The van der Waals surface area contributed by atoms with Gasteiger partial charge in [0.1, 0.15) is 6.04 Å². The molecular formula is C12H21N3O4. The molecule has 1 aliphatic rings. The fraction of sp³-hybridized carbons (Fsp3) is 0.750. The van der Waals surface area contributed by atoms with Crippen molar-refractivity contribution in [3.05, 3.63) is 0 Å². The Kier molecular flexibility index (Phi) is 5.75. The average molecular weight is 271 g/mol. The van der Waals surface area contributed by atoms with Crippen molar-refractivity contribution < 1.29 is 19.5 Å². The molecule has 7 nitrogen and oxygen atoms in total. The van der Waals surface area contributed by atoms with Crippen LogP contribution in [0.25, 0.3) is 0 Å². The number of nitrogens with two attached hydrogens (primary N) is 2. The molecule has 6 N–H and O–H groups in total. The molecule has 1 fully saturated rings. The molecule has 0 spiro atoms. The first kappa shape index (κ1) is 15.4. The molecule has 0 aliphatic heterocycles. The van der Waals surface area contributed by atoms with E-state index in [9.17, 15) is 14.4 Å². The number of carbonyl (C=O) groups is 3. The standard InChI is InChI=1S/C12H21N3O4/c13-6-7-2-1-3-8(7)11(17)15-9(12(18)19)4-5-10(14)16/h7-9H,1-6,13H2,(H2,14,16)(H,15,17)(H,18,19). The zero-order valence-electron chi connectivity index (χ0n) is 10.8. The molecule has 0 saturated heterocycles. The summed E-state index contributed by atoms with van der Waals surface area (Å²) in [6, 6.07) is -1.07. The number of carboxylic acid groups (broad SMARTS) is 1. The van der Waals surface area contributed by atoms with Crippen molar-refractivity contribution in [3.8, 4) is 0 Å². The van der Waals surface area contributed by atoms with Crippen LogP contribution in [0.2, 0.25) is 0 Å². The molecule has 0 bridgehead atoms. The summed E-state index contributed by atoms with van der Waals surface area (Å²) in [5.74, 6) is -2.13. The fourth-order valence-corrected chi connectivity index (χ4v) is 2.49. The normalized spacial score (nSPS) is 23.8. The van der Waals surface area contributed by atoms with Crippen LogP contribution < -0.4 is 16.8 Å². The van der Waals surface area contributed by atoms with Crippen LogP contribution in [0.1, 0.15) is 32.1 Å². The monoisotopic (exact) mass is 271 g/mol. The van der Waals surface area contributed by atoms with Crippen LogP contribution in [-0.4, -0.2) is 35.5 Å². The molecule has 0 aromatic heterocycles. The Morgan fingerprint density at radius 3 is 2.53 bits per heavy atom. The Morgan fingerprint density at radius 2 is 2.00 bits per heavy atom. The van der Waals surface area contributed by atoms with E-state index in [1.54, 1.807) is 0 Å². The summed E-state index contributed by atoms with van der Waals surface area (Å²) in [7, 11) is 0. The van der Waals surface area contributed by atoms with E-state index in [2.05, 4.69) is 5.32 Å². The summed E-state index contributed by atoms with van der Waals surface area (Å²) in [6.45, 7) is 0.428. The Balaban J connectivity index is 2.55. The van der Waals surface area contributed by atoms with E-state index in [4.69, 9.17) is 16.6 Å². The van der Waals surface area contributed by atoms with Gasteiger partial charge < -0.3 is 21.9 Å². The quantitative estimate of drug-likeness (QED) is 0.480. The molecule has 1 rings (SSSR count). The first-order valence-electron chi connectivity index (χ1n) is 6.47. The van der Waals surface area contributed by atoms with Crippen molar-refractivity contribution in [3.63, 3.8) is 0 Å². The number of carbonyl (C=O) groups excluding carboxylic acids is 2. The van der Waals surface area contributed by atoms with Gasteiger partial charge >= 0.3 is 5.97 Å². The lowest BCUT2D eigenvalue weighted by molar-refractivity contribution is -0.143. The summed E-state index contributed by atoms with van der Waals surface area (Å²) in [4.78, 5) is 33.7. The van der Waals surface area contributed by atoms with E-state index in [0.717, 1.165) is 19.3 Å². The van der Waals surface area contributed by atoms with Crippen molar-refractivity contribution in [2.75, 3.05) is 6.54 Å². The first-order chi connectivity index (χ1) is 8.95. The van der Waals surface area contributed by atoms with E-state index in [1.165, 1.54) is 0 Å². The largest absolute Gasteiger partial charge is 0.480 e. The number of amides is 2. The predicted octanol–water partition coefficient (Wildman–Crippen LogP) is -0.804. The van der Waals surface area contributed by atoms with Crippen molar-refractivity contribution in [2.24, 2.45) is 23.3 Å². The number of aliphatic carboxylic acids is 1. The third kappa shape index (κ3) is 4.51. The van der Waals surface area contributed by atoms with E-state index in [1.807, 2.05) is 0 Å². The summed E-state index contributed by atoms with van der Waals surface area (Å²) < 4.78 is 0. The second-order valence-electron chi connectivity index (χ2n) is 4.94. The van der Waals surface area contributed by atoms with E-state index >= 15 is 0 Å². The zero-order valence-corrected chi connectivity index (χ0v) is 10.8. The second kappa shape index (κ2) is 7.08. The smallest absolute Gasteiger partial charge is 0.326 e. The van der Waals surface area contributed by atoms with Crippen LogP contribution in [-0.2, 0) is 14.4 Å². The van der Waals surface area contributed by atoms with Gasteiger partial charge in [0.25, 0.3) is 0 Å². The van der Waals surface area contributed by atoms with Gasteiger partial charge in [0.15, 0.2) is 0 Å². The summed E-state index contributed by atoms with van der Waals surface area (Å²) in [5.41, 5.74) is 10.6. The molecule has 1 saturated carbocycles. The first-order valence-corrected chi connectivity index (χ1v) is 6.47. The van der Waals surface area contributed by atoms with Crippen LogP contribution in [0, 0.1) is 11.8 Å². The second-order valence-corrected chi connectivity index (χ2v) is 4.94. The van der Waals surface area contributed by atoms with E-state index in [-0.39, 0.29) is 30.6 Å². The van der Waals surface area contributed by atoms with Gasteiger partial charge in [0.05, 0.1) is 0 Å². The van der Waals surface area contributed by atoms with Gasteiger partial charge in [-0.15, -0.1) is 0 Å². The molecule has 0 heterocycles. The number of rotatable bonds is 7. The molecule has 3 unspecified atom stereocenters. The Bertz CT molecular complexity index is 359. The van der Waals surface area contributed by atoms with Crippen LogP contribution in [0.3, 0.4) is 0 Å². The number of nitrogens with one attached hydrogen (secondary N) is 1. The minimum absolute atomic E-state index is 0.0103. The van der Waals surface area contributed by atoms with Gasteiger partial charge in [0.2, 0.25) is 11.8 Å². The number of hydrogen-bond donors (Lipinski definition) is 4. The molecule has 108 valence electrons. The van der Waals surface area contributed by atoms with Crippen LogP contribution in [0.5, 0.6) is 0 Å². The van der Waals surface area contributed by atoms with Crippen molar-refractivity contribution >= 4 is 17.8 Å². The lowest BCUT2D eigenvalue weighted by atomic mass is 9.95. The molecule has 1 aliphatic carbocycles. The molecule has 2 amide bonds. The highest BCUT2D eigenvalue weighted by Gasteiger charge is 2.33. The van der Waals surface area contributed by atoms with Crippen molar-refractivity contribution in [2.45, 2.75) is 38.1 Å². The third-order valence-corrected chi connectivity index (χ3v) is 3.59. The highest BCUT2D eigenvalue weighted by Crippen LogP contribution is 2.31. The number of hydrogen-bond acceptors (Lipinski definition) is 4. The fourth-order valence-electron chi connectivity index (χ4n) is 2.49. The maximum absolute atomic E-state index is 12.0. The zero-order chi connectivity index (χ0) is 14.4. The van der Waals surface area contributed by atoms with Crippen LogP contribution in [0.4, 0.5) is 0 Å². The summed E-state index contributed by atoms with van der Waals surface area (Å²) >= 11 is 0. The highest BCUT2D eigenvalue weighted by atomic mass is 16.4. The maximum atomic E-state index is 12.0. The molecular weight excluding hydrogens is 250 g/mol. The summed E-state index contributed by atoms with van der Waals surface area (Å²) in [5, 5.41) is 11.5. The van der Waals surface area contributed by atoms with Crippen molar-refractivity contribution in [1.29, 1.82) is 0 Å². The van der Waals surface area contributed by atoms with Gasteiger partial charge in [-0.05, 0) is 31.7 Å². The molecule has 0 radical (unpaired) electrons. The number of primary amides is 1. The van der Waals surface area contributed by atoms with Crippen LogP contribution in [0.15, 0.2) is 0 Å². The lowest BCUT2D eigenvalue weighted by Gasteiger charge is -2.20. The predicted molar refractivity (Wildman–Crippen MR) is 67.9 cm³/mol. The number of carboxylic acids is 1. The van der Waals surface area contributed by atoms with Gasteiger partial charge in [-0.3, -0.25) is 9.59 Å². The Hall–Kier alpha value is -1.63. The van der Waals surface area contributed by atoms with Gasteiger partial charge in [-0.1, -0.05) is 6.42 Å². The Labute approximate surface area is 111 Å². The minimum atomic E-state index is -1.16. The van der Waals surface area contributed by atoms with E-state index in [0.29, 0.717) is 6.54 Å². The topological polar surface area (TPSA) is 136 Å². The molecule has 0 aromatic carbocycles. The molecule has 0 aromatic rings. The van der Waals surface area contributed by atoms with Crippen molar-refractivity contribution in [1.82, 2.24) is 5.32 Å².